The molecule has 1 aliphatic rings. The summed E-state index contributed by atoms with van der Waals surface area (Å²) >= 11 is 0. The summed E-state index contributed by atoms with van der Waals surface area (Å²) in [6.45, 7) is 3.13. The first-order valence-corrected chi connectivity index (χ1v) is 6.56. The molecule has 0 aliphatic heterocycles. The molecule has 0 bridgehead atoms. The van der Waals surface area contributed by atoms with Gasteiger partial charge in [-0.3, -0.25) is 0 Å². The number of aromatic nitrogens is 2. The number of hydrogen-bond donors (Lipinski definition) is 1. The lowest BCUT2D eigenvalue weighted by Gasteiger charge is -2.29. The molecule has 1 heterocycles. The summed E-state index contributed by atoms with van der Waals surface area (Å²) in [6, 6.07) is 2.42. The summed E-state index contributed by atoms with van der Waals surface area (Å²) in [7, 11) is 3.61. The molecule has 1 aliphatic carbocycles. The molecular formula is C13H23N3O. The number of ether oxygens (including phenoxy) is 1. The molecule has 1 saturated carbocycles. The fraction of sp³-hybridized carbons (Fsp3) is 0.769. The molecule has 4 nitrogen and oxygen atoms in total. The van der Waals surface area contributed by atoms with E-state index in [4.69, 9.17) is 4.74 Å². The number of aryl methyl sites for hydroxylation is 1. The first-order chi connectivity index (χ1) is 8.24. The minimum Gasteiger partial charge on any atom is -0.481 e. The fourth-order valence-electron chi connectivity index (χ4n) is 2.45. The number of rotatable bonds is 6. The molecule has 0 aromatic carbocycles. The Kier molecular flexibility index (Phi) is 4.05. The highest BCUT2D eigenvalue weighted by Gasteiger charge is 2.24. The molecule has 4 heteroatoms. The third kappa shape index (κ3) is 2.80. The van der Waals surface area contributed by atoms with Crippen LogP contribution < -0.4 is 10.1 Å². The summed E-state index contributed by atoms with van der Waals surface area (Å²) in [6.07, 6.45) is 5.36. The molecule has 0 amide bonds. The Morgan fingerprint density at radius 1 is 1.59 bits per heavy atom. The second-order valence-corrected chi connectivity index (χ2v) is 4.88. The van der Waals surface area contributed by atoms with Crippen LogP contribution in [-0.4, -0.2) is 23.4 Å². The van der Waals surface area contributed by atoms with Gasteiger partial charge in [0.05, 0.1) is 18.8 Å². The van der Waals surface area contributed by atoms with Crippen molar-refractivity contribution in [1.82, 2.24) is 15.1 Å². The molecule has 2 rings (SSSR count). The third-order valence-corrected chi connectivity index (χ3v) is 3.67. The highest BCUT2D eigenvalue weighted by atomic mass is 16.5. The zero-order chi connectivity index (χ0) is 12.3. The van der Waals surface area contributed by atoms with Crippen LogP contribution >= 0.6 is 0 Å². The van der Waals surface area contributed by atoms with Gasteiger partial charge in [-0.1, -0.05) is 26.2 Å². The molecule has 1 fully saturated rings. The van der Waals surface area contributed by atoms with Crippen LogP contribution in [0.4, 0.5) is 0 Å². The molecule has 1 N–H and O–H groups in total. The Morgan fingerprint density at radius 3 is 2.82 bits per heavy atom. The van der Waals surface area contributed by atoms with Gasteiger partial charge in [-0.2, -0.15) is 5.10 Å². The predicted molar refractivity (Wildman–Crippen MR) is 68.1 cm³/mol. The lowest BCUT2D eigenvalue weighted by Crippen LogP contribution is -2.26. The summed E-state index contributed by atoms with van der Waals surface area (Å²) in [4.78, 5) is 0. The maximum Gasteiger partial charge on any atom is 0.211 e. The Balaban J connectivity index is 2.06. The van der Waals surface area contributed by atoms with Crippen LogP contribution in [0.1, 0.15) is 44.3 Å². The van der Waals surface area contributed by atoms with Crippen molar-refractivity contribution in [3.05, 3.63) is 11.8 Å². The summed E-state index contributed by atoms with van der Waals surface area (Å²) in [5.74, 6) is 1.71. The van der Waals surface area contributed by atoms with E-state index < -0.39 is 0 Å². The zero-order valence-electron chi connectivity index (χ0n) is 11.1. The predicted octanol–water partition coefficient (Wildman–Crippen LogP) is 2.27. The van der Waals surface area contributed by atoms with E-state index in [-0.39, 0.29) is 0 Å². The maximum absolute atomic E-state index is 5.27. The van der Waals surface area contributed by atoms with Crippen LogP contribution in [0.5, 0.6) is 5.88 Å². The second kappa shape index (κ2) is 5.54. The number of nitrogens with zero attached hydrogens (tertiary/aromatic N) is 2. The van der Waals surface area contributed by atoms with Crippen LogP contribution in [0, 0.1) is 5.92 Å². The maximum atomic E-state index is 5.27. The van der Waals surface area contributed by atoms with Crippen molar-refractivity contribution in [3.8, 4) is 5.88 Å². The van der Waals surface area contributed by atoms with E-state index in [1.807, 2.05) is 13.1 Å². The van der Waals surface area contributed by atoms with Crippen LogP contribution in [-0.2, 0) is 7.05 Å². The summed E-state index contributed by atoms with van der Waals surface area (Å²) in [5, 5.41) is 8.07. The van der Waals surface area contributed by atoms with Crippen molar-refractivity contribution in [2.75, 3.05) is 13.7 Å². The number of nitrogens with one attached hydrogen (secondary N) is 1. The second-order valence-electron chi connectivity index (χ2n) is 4.88. The smallest absolute Gasteiger partial charge is 0.211 e. The van der Waals surface area contributed by atoms with Crippen LogP contribution in [0.25, 0.3) is 0 Å². The van der Waals surface area contributed by atoms with E-state index in [1.54, 1.807) is 11.8 Å². The van der Waals surface area contributed by atoms with Gasteiger partial charge in [0.25, 0.3) is 0 Å². The first-order valence-electron chi connectivity index (χ1n) is 6.56. The average molecular weight is 237 g/mol. The van der Waals surface area contributed by atoms with Crippen molar-refractivity contribution < 1.29 is 4.74 Å². The van der Waals surface area contributed by atoms with E-state index in [2.05, 4.69) is 17.3 Å². The Labute approximate surface area is 103 Å². The fourth-order valence-corrected chi connectivity index (χ4v) is 2.45. The molecular weight excluding hydrogens is 214 g/mol. The van der Waals surface area contributed by atoms with Gasteiger partial charge in [0.1, 0.15) is 0 Å². The minimum atomic E-state index is 0.375. The van der Waals surface area contributed by atoms with Gasteiger partial charge in [0.2, 0.25) is 5.88 Å². The number of hydrogen-bond acceptors (Lipinski definition) is 3. The SMILES string of the molecule is CCNC(CC1CCC1)c1cc(OC)n(C)n1. The third-order valence-electron chi connectivity index (χ3n) is 3.67. The van der Waals surface area contributed by atoms with Crippen LogP contribution in [0.3, 0.4) is 0 Å². The standard InChI is InChI=1S/C13H23N3O/c1-4-14-11(8-10-6-5-7-10)12-9-13(17-3)16(2)15-12/h9-11,14H,4-8H2,1-3H3. The van der Waals surface area contributed by atoms with Gasteiger partial charge < -0.3 is 10.1 Å². The van der Waals surface area contributed by atoms with Gasteiger partial charge in [0.15, 0.2) is 0 Å². The summed E-state index contributed by atoms with van der Waals surface area (Å²) in [5.41, 5.74) is 1.11. The largest absolute Gasteiger partial charge is 0.481 e. The molecule has 96 valence electrons. The molecule has 1 atom stereocenters. The van der Waals surface area contributed by atoms with E-state index in [0.29, 0.717) is 6.04 Å². The van der Waals surface area contributed by atoms with Gasteiger partial charge in [-0.25, -0.2) is 4.68 Å². The van der Waals surface area contributed by atoms with Crippen LogP contribution in [0.15, 0.2) is 6.07 Å². The van der Waals surface area contributed by atoms with E-state index in [1.165, 1.54) is 25.7 Å². The molecule has 1 aromatic rings. The van der Waals surface area contributed by atoms with Gasteiger partial charge in [0, 0.05) is 13.1 Å². The van der Waals surface area contributed by atoms with Gasteiger partial charge in [-0.15, -0.1) is 0 Å². The van der Waals surface area contributed by atoms with Crippen molar-refractivity contribution in [2.24, 2.45) is 13.0 Å². The van der Waals surface area contributed by atoms with Crippen molar-refractivity contribution >= 4 is 0 Å². The molecule has 0 spiro atoms. The average Bonchev–Trinajstić information content (AvgIpc) is 2.63. The molecule has 0 radical (unpaired) electrons. The molecule has 0 saturated heterocycles. The lowest BCUT2D eigenvalue weighted by molar-refractivity contribution is 0.260. The Morgan fingerprint density at radius 2 is 2.35 bits per heavy atom. The van der Waals surface area contributed by atoms with Gasteiger partial charge in [-0.05, 0) is 18.9 Å². The monoisotopic (exact) mass is 237 g/mol. The van der Waals surface area contributed by atoms with Crippen molar-refractivity contribution in [2.45, 2.75) is 38.6 Å². The minimum absolute atomic E-state index is 0.375. The highest BCUT2D eigenvalue weighted by Crippen LogP contribution is 2.34. The van der Waals surface area contributed by atoms with E-state index in [9.17, 15) is 0 Å². The van der Waals surface area contributed by atoms with Crippen molar-refractivity contribution in [3.63, 3.8) is 0 Å². The number of methoxy groups -OCH3 is 1. The highest BCUT2D eigenvalue weighted by molar-refractivity contribution is 5.19. The van der Waals surface area contributed by atoms with E-state index >= 15 is 0 Å². The van der Waals surface area contributed by atoms with Gasteiger partial charge >= 0.3 is 0 Å². The van der Waals surface area contributed by atoms with E-state index in [0.717, 1.165) is 24.0 Å². The quantitative estimate of drug-likeness (QED) is 0.825. The summed E-state index contributed by atoms with van der Waals surface area (Å²) < 4.78 is 7.08. The van der Waals surface area contributed by atoms with Crippen molar-refractivity contribution in [1.29, 1.82) is 0 Å². The Bertz CT molecular complexity index is 358. The Hall–Kier alpha value is -1.03. The molecule has 1 unspecified atom stereocenters. The molecule has 1 aromatic heterocycles. The first kappa shape index (κ1) is 12.4. The topological polar surface area (TPSA) is 39.1 Å². The van der Waals surface area contributed by atoms with Crippen LogP contribution in [0.2, 0.25) is 0 Å². The zero-order valence-corrected chi connectivity index (χ0v) is 11.1. The lowest BCUT2D eigenvalue weighted by atomic mass is 9.80. The normalized spacial score (nSPS) is 17.8. The molecule has 17 heavy (non-hydrogen) atoms.